The van der Waals surface area contributed by atoms with Crippen LogP contribution in [0.25, 0.3) is 0 Å². The minimum Gasteiger partial charge on any atom is -0.376 e. The monoisotopic (exact) mass is 242 g/mol. The lowest BCUT2D eigenvalue weighted by Crippen LogP contribution is -2.52. The molecule has 0 aromatic rings. The molecule has 0 saturated carbocycles. The van der Waals surface area contributed by atoms with Crippen molar-refractivity contribution in [2.24, 2.45) is 0 Å². The van der Waals surface area contributed by atoms with Crippen LogP contribution in [-0.2, 0) is 4.74 Å². The summed E-state index contributed by atoms with van der Waals surface area (Å²) in [6.45, 7) is 15.4. The first-order valence-electron chi connectivity index (χ1n) is 7.09. The molecule has 102 valence electrons. The number of rotatable bonds is 6. The number of nitrogens with zero attached hydrogens (tertiary/aromatic N) is 1. The van der Waals surface area contributed by atoms with Gasteiger partial charge in [0.25, 0.3) is 0 Å². The van der Waals surface area contributed by atoms with Crippen molar-refractivity contribution in [1.29, 1.82) is 0 Å². The van der Waals surface area contributed by atoms with E-state index in [1.54, 1.807) is 0 Å². The number of hydrogen-bond donors (Lipinski definition) is 1. The molecule has 0 bridgehead atoms. The molecule has 1 aliphatic rings. The quantitative estimate of drug-likeness (QED) is 0.773. The van der Waals surface area contributed by atoms with E-state index in [9.17, 15) is 0 Å². The Morgan fingerprint density at radius 1 is 1.35 bits per heavy atom. The Morgan fingerprint density at radius 3 is 2.65 bits per heavy atom. The van der Waals surface area contributed by atoms with E-state index in [1.165, 1.54) is 12.8 Å². The zero-order valence-corrected chi connectivity index (χ0v) is 12.3. The first-order chi connectivity index (χ1) is 7.98. The summed E-state index contributed by atoms with van der Waals surface area (Å²) in [4.78, 5) is 2.58. The second-order valence-electron chi connectivity index (χ2n) is 5.87. The van der Waals surface area contributed by atoms with Gasteiger partial charge in [0.15, 0.2) is 0 Å². The molecule has 0 aromatic carbocycles. The molecule has 0 aromatic heterocycles. The zero-order chi connectivity index (χ0) is 12.9. The number of ether oxygens (including phenoxy) is 1. The maximum absolute atomic E-state index is 5.72. The summed E-state index contributed by atoms with van der Waals surface area (Å²) >= 11 is 0. The van der Waals surface area contributed by atoms with Crippen molar-refractivity contribution in [1.82, 2.24) is 10.2 Å². The van der Waals surface area contributed by atoms with Crippen molar-refractivity contribution in [3.63, 3.8) is 0 Å². The normalized spacial score (nSPS) is 27.4. The number of hydrogen-bond acceptors (Lipinski definition) is 3. The molecule has 3 heteroatoms. The molecular weight excluding hydrogens is 212 g/mol. The first kappa shape index (κ1) is 14.9. The third-order valence-electron chi connectivity index (χ3n) is 3.94. The Balaban J connectivity index is 2.33. The molecule has 17 heavy (non-hydrogen) atoms. The van der Waals surface area contributed by atoms with Crippen LogP contribution in [0.3, 0.4) is 0 Å². The fraction of sp³-hybridized carbons (Fsp3) is 1.00. The third-order valence-corrected chi connectivity index (χ3v) is 3.94. The predicted molar refractivity (Wildman–Crippen MR) is 73.4 cm³/mol. The Hall–Kier alpha value is -0.120. The number of nitrogens with one attached hydrogen (secondary N) is 1. The van der Waals surface area contributed by atoms with Crippen LogP contribution >= 0.6 is 0 Å². The molecule has 0 amide bonds. The van der Waals surface area contributed by atoms with E-state index in [0.29, 0.717) is 12.1 Å². The molecule has 2 atom stereocenters. The van der Waals surface area contributed by atoms with Crippen LogP contribution in [0.1, 0.15) is 47.5 Å². The third kappa shape index (κ3) is 4.94. The maximum atomic E-state index is 5.72. The van der Waals surface area contributed by atoms with E-state index in [4.69, 9.17) is 4.74 Å². The van der Waals surface area contributed by atoms with E-state index < -0.39 is 0 Å². The predicted octanol–water partition coefficient (Wildman–Crippen LogP) is 2.26. The summed E-state index contributed by atoms with van der Waals surface area (Å²) in [5.41, 5.74) is 0.264. The maximum Gasteiger partial charge on any atom is 0.0674 e. The molecule has 1 heterocycles. The lowest BCUT2D eigenvalue weighted by atomic mass is 10.0. The van der Waals surface area contributed by atoms with Crippen LogP contribution < -0.4 is 5.32 Å². The molecule has 0 aliphatic carbocycles. The van der Waals surface area contributed by atoms with Crippen LogP contribution in [0.5, 0.6) is 0 Å². The van der Waals surface area contributed by atoms with E-state index in [0.717, 1.165) is 26.2 Å². The molecule has 0 spiro atoms. The Morgan fingerprint density at radius 2 is 2.06 bits per heavy atom. The van der Waals surface area contributed by atoms with Crippen molar-refractivity contribution in [2.45, 2.75) is 65.1 Å². The Labute approximate surface area is 107 Å². The second-order valence-corrected chi connectivity index (χ2v) is 5.87. The van der Waals surface area contributed by atoms with Gasteiger partial charge >= 0.3 is 0 Å². The summed E-state index contributed by atoms with van der Waals surface area (Å²) in [5, 5.41) is 3.63. The van der Waals surface area contributed by atoms with Crippen LogP contribution in [0.15, 0.2) is 0 Å². The van der Waals surface area contributed by atoms with Crippen molar-refractivity contribution < 1.29 is 4.74 Å². The van der Waals surface area contributed by atoms with Gasteiger partial charge in [0, 0.05) is 31.2 Å². The fourth-order valence-electron chi connectivity index (χ4n) is 2.23. The highest BCUT2D eigenvalue weighted by Gasteiger charge is 2.25. The van der Waals surface area contributed by atoms with Crippen LogP contribution in [0.2, 0.25) is 0 Å². The summed E-state index contributed by atoms with van der Waals surface area (Å²) in [5.74, 6) is 0. The molecule has 1 aliphatic heterocycles. The lowest BCUT2D eigenvalue weighted by molar-refractivity contribution is -0.0554. The SMILES string of the molecule is CCC1COC(C)CN1CCNC(C)(C)CC. The highest BCUT2D eigenvalue weighted by atomic mass is 16.5. The summed E-state index contributed by atoms with van der Waals surface area (Å²) in [6, 6.07) is 0.609. The van der Waals surface area contributed by atoms with Gasteiger partial charge < -0.3 is 10.1 Å². The highest BCUT2D eigenvalue weighted by molar-refractivity contribution is 4.80. The lowest BCUT2D eigenvalue weighted by Gasteiger charge is -2.39. The largest absolute Gasteiger partial charge is 0.376 e. The van der Waals surface area contributed by atoms with Gasteiger partial charge in [0.05, 0.1) is 12.7 Å². The first-order valence-corrected chi connectivity index (χ1v) is 7.09. The van der Waals surface area contributed by atoms with Gasteiger partial charge in [-0.1, -0.05) is 13.8 Å². The van der Waals surface area contributed by atoms with E-state index >= 15 is 0 Å². The number of morpholine rings is 1. The smallest absolute Gasteiger partial charge is 0.0674 e. The summed E-state index contributed by atoms with van der Waals surface area (Å²) in [6.07, 6.45) is 2.74. The average molecular weight is 242 g/mol. The molecule has 2 unspecified atom stereocenters. The zero-order valence-electron chi connectivity index (χ0n) is 12.3. The van der Waals surface area contributed by atoms with Gasteiger partial charge in [-0.05, 0) is 33.6 Å². The second kappa shape index (κ2) is 6.72. The van der Waals surface area contributed by atoms with Crippen molar-refractivity contribution in [3.8, 4) is 0 Å². The fourth-order valence-corrected chi connectivity index (χ4v) is 2.23. The van der Waals surface area contributed by atoms with Crippen LogP contribution in [0, 0.1) is 0 Å². The van der Waals surface area contributed by atoms with Crippen LogP contribution in [-0.4, -0.2) is 48.8 Å². The van der Waals surface area contributed by atoms with Crippen molar-refractivity contribution in [3.05, 3.63) is 0 Å². The molecule has 1 rings (SSSR count). The molecule has 0 radical (unpaired) electrons. The van der Waals surface area contributed by atoms with Crippen molar-refractivity contribution >= 4 is 0 Å². The molecule has 1 saturated heterocycles. The van der Waals surface area contributed by atoms with Crippen LogP contribution in [0.4, 0.5) is 0 Å². The average Bonchev–Trinajstić information content (AvgIpc) is 2.29. The highest BCUT2D eigenvalue weighted by Crippen LogP contribution is 2.14. The van der Waals surface area contributed by atoms with Gasteiger partial charge in [0.2, 0.25) is 0 Å². The molecule has 1 fully saturated rings. The Kier molecular flexibility index (Phi) is 5.90. The molecule has 3 nitrogen and oxygen atoms in total. The summed E-state index contributed by atoms with van der Waals surface area (Å²) in [7, 11) is 0. The minimum atomic E-state index is 0.264. The van der Waals surface area contributed by atoms with Gasteiger partial charge in [-0.3, -0.25) is 4.90 Å². The standard InChI is InChI=1S/C14H30N2O/c1-6-13-11-17-12(3)10-16(13)9-8-15-14(4,5)7-2/h12-13,15H,6-11H2,1-5H3. The van der Waals surface area contributed by atoms with Crippen molar-refractivity contribution in [2.75, 3.05) is 26.2 Å². The van der Waals surface area contributed by atoms with E-state index in [1.807, 2.05) is 0 Å². The molecular formula is C14H30N2O. The summed E-state index contributed by atoms with van der Waals surface area (Å²) < 4.78 is 5.72. The van der Waals surface area contributed by atoms with E-state index in [-0.39, 0.29) is 5.54 Å². The Bertz CT molecular complexity index is 218. The van der Waals surface area contributed by atoms with Gasteiger partial charge in [0.1, 0.15) is 0 Å². The van der Waals surface area contributed by atoms with E-state index in [2.05, 4.69) is 44.8 Å². The van der Waals surface area contributed by atoms with Gasteiger partial charge in [-0.15, -0.1) is 0 Å². The van der Waals surface area contributed by atoms with Gasteiger partial charge in [-0.2, -0.15) is 0 Å². The molecule has 1 N–H and O–H groups in total. The minimum absolute atomic E-state index is 0.264. The van der Waals surface area contributed by atoms with Gasteiger partial charge in [-0.25, -0.2) is 0 Å². The topological polar surface area (TPSA) is 24.5 Å².